The zero-order valence-corrected chi connectivity index (χ0v) is 13.2. The number of nitriles is 1. The molecule has 0 unspecified atom stereocenters. The van der Waals surface area contributed by atoms with E-state index in [4.69, 9.17) is 5.26 Å². The number of aryl methyl sites for hydroxylation is 1. The van der Waals surface area contributed by atoms with Gasteiger partial charge >= 0.3 is 0 Å². The minimum absolute atomic E-state index is 0.145. The molecule has 108 valence electrons. The van der Waals surface area contributed by atoms with E-state index in [0.29, 0.717) is 13.1 Å². The Labute approximate surface area is 124 Å². The van der Waals surface area contributed by atoms with Crippen LogP contribution in [0.4, 0.5) is 0 Å². The van der Waals surface area contributed by atoms with E-state index in [0.717, 1.165) is 30.0 Å². The maximum absolute atomic E-state index is 12.5. The van der Waals surface area contributed by atoms with Gasteiger partial charge in [0.2, 0.25) is 0 Å². The average Bonchev–Trinajstić information content (AvgIpc) is 2.95. The molecule has 2 rings (SSSR count). The molecule has 1 aliphatic heterocycles. The number of rotatable bonds is 3. The van der Waals surface area contributed by atoms with Gasteiger partial charge in [0.05, 0.1) is 10.9 Å². The minimum atomic E-state index is -0.452. The largest absolute Gasteiger partial charge is 0.335 e. The van der Waals surface area contributed by atoms with Gasteiger partial charge in [0.1, 0.15) is 5.54 Å². The molecule has 0 spiro atoms. The van der Waals surface area contributed by atoms with Gasteiger partial charge in [0, 0.05) is 26.2 Å². The highest BCUT2D eigenvalue weighted by Crippen LogP contribution is 2.22. The van der Waals surface area contributed by atoms with Crippen molar-refractivity contribution in [2.24, 2.45) is 0 Å². The fourth-order valence-electron chi connectivity index (χ4n) is 2.48. The van der Waals surface area contributed by atoms with Crippen molar-refractivity contribution in [3.8, 4) is 6.07 Å². The van der Waals surface area contributed by atoms with E-state index in [9.17, 15) is 4.79 Å². The Bertz CT molecular complexity index is 521. The summed E-state index contributed by atoms with van der Waals surface area (Å²) in [4.78, 5) is 17.5. The summed E-state index contributed by atoms with van der Waals surface area (Å²) in [7, 11) is 0. The maximum atomic E-state index is 12.5. The van der Waals surface area contributed by atoms with E-state index in [1.807, 2.05) is 30.2 Å². The first-order valence-electron chi connectivity index (χ1n) is 7.01. The van der Waals surface area contributed by atoms with E-state index >= 15 is 0 Å². The average molecular weight is 291 g/mol. The Hall–Kier alpha value is -1.38. The van der Waals surface area contributed by atoms with Crippen molar-refractivity contribution >= 4 is 17.2 Å². The summed E-state index contributed by atoms with van der Waals surface area (Å²) in [6.45, 7) is 8.86. The third-order valence-electron chi connectivity index (χ3n) is 3.95. The Morgan fingerprint density at radius 1 is 1.40 bits per heavy atom. The smallest absolute Gasteiger partial charge is 0.264 e. The molecule has 1 aromatic rings. The van der Waals surface area contributed by atoms with Crippen LogP contribution in [-0.4, -0.2) is 47.4 Å². The van der Waals surface area contributed by atoms with Gasteiger partial charge in [0.25, 0.3) is 5.91 Å². The first kappa shape index (κ1) is 15.0. The monoisotopic (exact) mass is 291 g/mol. The SMILES string of the molecule is CCc1ccsc1C(=O)N1CCN(C(C)(C)C#N)CC1. The van der Waals surface area contributed by atoms with Gasteiger partial charge in [0.15, 0.2) is 0 Å². The van der Waals surface area contributed by atoms with Crippen molar-refractivity contribution in [2.75, 3.05) is 26.2 Å². The molecule has 1 aromatic heterocycles. The van der Waals surface area contributed by atoms with E-state index < -0.39 is 5.54 Å². The van der Waals surface area contributed by atoms with Crippen LogP contribution in [0.2, 0.25) is 0 Å². The summed E-state index contributed by atoms with van der Waals surface area (Å²) in [6, 6.07) is 4.36. The molecule has 0 aromatic carbocycles. The molecular weight excluding hydrogens is 270 g/mol. The van der Waals surface area contributed by atoms with Gasteiger partial charge in [-0.2, -0.15) is 5.26 Å². The van der Waals surface area contributed by atoms with E-state index in [-0.39, 0.29) is 5.91 Å². The normalized spacial score (nSPS) is 17.0. The highest BCUT2D eigenvalue weighted by atomic mass is 32.1. The Balaban J connectivity index is 2.01. The fraction of sp³-hybridized carbons (Fsp3) is 0.600. The second-order valence-corrected chi connectivity index (χ2v) is 6.49. The number of thiophene rings is 1. The summed E-state index contributed by atoms with van der Waals surface area (Å²) >= 11 is 1.53. The van der Waals surface area contributed by atoms with Gasteiger partial charge < -0.3 is 4.90 Å². The molecule has 0 aliphatic carbocycles. The molecule has 0 saturated carbocycles. The first-order chi connectivity index (χ1) is 9.49. The highest BCUT2D eigenvalue weighted by Gasteiger charge is 2.31. The Morgan fingerprint density at radius 2 is 2.05 bits per heavy atom. The predicted molar refractivity (Wildman–Crippen MR) is 80.9 cm³/mol. The molecule has 0 radical (unpaired) electrons. The van der Waals surface area contributed by atoms with Crippen LogP contribution in [0, 0.1) is 11.3 Å². The van der Waals surface area contributed by atoms with Gasteiger partial charge in [-0.05, 0) is 37.3 Å². The molecule has 20 heavy (non-hydrogen) atoms. The molecule has 4 nitrogen and oxygen atoms in total. The lowest BCUT2D eigenvalue weighted by Crippen LogP contribution is -2.55. The summed E-state index contributed by atoms with van der Waals surface area (Å²) < 4.78 is 0. The third kappa shape index (κ3) is 2.87. The number of carbonyl (C=O) groups is 1. The Kier molecular flexibility index (Phi) is 4.46. The number of hydrogen-bond acceptors (Lipinski definition) is 4. The summed E-state index contributed by atoms with van der Waals surface area (Å²) in [5.74, 6) is 0.145. The molecular formula is C15H21N3OS. The molecule has 1 saturated heterocycles. The Morgan fingerprint density at radius 3 is 2.60 bits per heavy atom. The summed E-state index contributed by atoms with van der Waals surface area (Å²) in [6.07, 6.45) is 0.895. The van der Waals surface area contributed by atoms with Crippen LogP contribution >= 0.6 is 11.3 Å². The topological polar surface area (TPSA) is 47.3 Å². The van der Waals surface area contributed by atoms with Gasteiger partial charge in [-0.25, -0.2) is 0 Å². The van der Waals surface area contributed by atoms with Crippen molar-refractivity contribution in [2.45, 2.75) is 32.7 Å². The fourth-order valence-corrected chi connectivity index (χ4v) is 3.45. The molecule has 0 N–H and O–H groups in total. The first-order valence-corrected chi connectivity index (χ1v) is 7.89. The van der Waals surface area contributed by atoms with Gasteiger partial charge in [-0.3, -0.25) is 9.69 Å². The molecule has 2 heterocycles. The summed E-state index contributed by atoms with van der Waals surface area (Å²) in [5, 5.41) is 11.2. The van der Waals surface area contributed by atoms with E-state index in [1.54, 1.807) is 0 Å². The van der Waals surface area contributed by atoms with Crippen LogP contribution < -0.4 is 0 Å². The van der Waals surface area contributed by atoms with Crippen molar-refractivity contribution < 1.29 is 4.79 Å². The second-order valence-electron chi connectivity index (χ2n) is 5.58. The van der Waals surface area contributed by atoms with Crippen molar-refractivity contribution in [3.63, 3.8) is 0 Å². The second kappa shape index (κ2) is 5.94. The molecule has 5 heteroatoms. The quantitative estimate of drug-likeness (QED) is 0.859. The van der Waals surface area contributed by atoms with Crippen LogP contribution in [-0.2, 0) is 6.42 Å². The lowest BCUT2D eigenvalue weighted by molar-refractivity contribution is 0.0524. The van der Waals surface area contributed by atoms with Crippen LogP contribution in [0.3, 0.4) is 0 Å². The van der Waals surface area contributed by atoms with Gasteiger partial charge in [-0.1, -0.05) is 6.92 Å². The number of amides is 1. The van der Waals surface area contributed by atoms with Gasteiger partial charge in [-0.15, -0.1) is 11.3 Å². The molecule has 1 fully saturated rings. The molecule has 0 atom stereocenters. The maximum Gasteiger partial charge on any atom is 0.264 e. The van der Waals surface area contributed by atoms with E-state index in [2.05, 4.69) is 17.9 Å². The summed E-state index contributed by atoms with van der Waals surface area (Å²) in [5.41, 5.74) is 0.687. The van der Waals surface area contributed by atoms with Crippen LogP contribution in [0.25, 0.3) is 0 Å². The van der Waals surface area contributed by atoms with Crippen molar-refractivity contribution in [3.05, 3.63) is 21.9 Å². The number of hydrogen-bond donors (Lipinski definition) is 0. The highest BCUT2D eigenvalue weighted by molar-refractivity contribution is 7.12. The number of nitrogens with zero attached hydrogens (tertiary/aromatic N) is 3. The van der Waals surface area contributed by atoms with Crippen LogP contribution in [0.1, 0.15) is 36.0 Å². The number of piperazine rings is 1. The van der Waals surface area contributed by atoms with Crippen LogP contribution in [0.15, 0.2) is 11.4 Å². The predicted octanol–water partition coefficient (Wildman–Crippen LogP) is 2.37. The standard InChI is InChI=1S/C15H21N3OS/c1-4-12-5-10-20-13(12)14(19)17-6-8-18(9-7-17)15(2,3)11-16/h5,10H,4,6-9H2,1-3H3. The molecule has 1 aliphatic rings. The third-order valence-corrected chi connectivity index (χ3v) is 4.90. The van der Waals surface area contributed by atoms with Crippen LogP contribution in [0.5, 0.6) is 0 Å². The van der Waals surface area contributed by atoms with E-state index in [1.165, 1.54) is 11.3 Å². The molecule has 0 bridgehead atoms. The zero-order valence-electron chi connectivity index (χ0n) is 12.3. The lowest BCUT2D eigenvalue weighted by atomic mass is 10.0. The lowest BCUT2D eigenvalue weighted by Gasteiger charge is -2.40. The van der Waals surface area contributed by atoms with Crippen molar-refractivity contribution in [1.29, 1.82) is 5.26 Å². The minimum Gasteiger partial charge on any atom is -0.335 e. The van der Waals surface area contributed by atoms with Crippen molar-refractivity contribution in [1.82, 2.24) is 9.80 Å². The number of carbonyl (C=O) groups excluding carboxylic acids is 1. The zero-order chi connectivity index (χ0) is 14.8. The molecule has 1 amide bonds.